The Bertz CT molecular complexity index is 601. The van der Waals surface area contributed by atoms with Crippen LogP contribution in [0.3, 0.4) is 0 Å². The predicted octanol–water partition coefficient (Wildman–Crippen LogP) is 1.92. The largest absolute Gasteiger partial charge is 0.350 e. The van der Waals surface area contributed by atoms with Crippen LogP contribution in [-0.4, -0.2) is 35.3 Å². The molecule has 0 radical (unpaired) electrons. The van der Waals surface area contributed by atoms with Crippen LogP contribution in [0.15, 0.2) is 24.3 Å². The van der Waals surface area contributed by atoms with Crippen molar-refractivity contribution in [2.45, 2.75) is 32.9 Å². The molecule has 124 valence electrons. The highest BCUT2D eigenvalue weighted by Gasteiger charge is 2.38. The summed E-state index contributed by atoms with van der Waals surface area (Å²) in [6.45, 7) is 3.99. The minimum atomic E-state index is -0.536. The summed E-state index contributed by atoms with van der Waals surface area (Å²) in [7, 11) is 0. The molecule has 0 spiro atoms. The molecule has 6 nitrogen and oxygen atoms in total. The lowest BCUT2D eigenvalue weighted by Crippen LogP contribution is -2.41. The third-order valence-corrected chi connectivity index (χ3v) is 3.77. The van der Waals surface area contributed by atoms with E-state index in [1.54, 1.807) is 24.3 Å². The zero-order valence-electron chi connectivity index (χ0n) is 13.1. The summed E-state index contributed by atoms with van der Waals surface area (Å²) >= 11 is 5.79. The van der Waals surface area contributed by atoms with Crippen LogP contribution in [0.4, 0.5) is 4.79 Å². The topological polar surface area (TPSA) is 78.5 Å². The van der Waals surface area contributed by atoms with Gasteiger partial charge < -0.3 is 10.6 Å². The molecule has 1 aromatic carbocycles. The number of amides is 4. The molecule has 1 heterocycles. The maximum atomic E-state index is 12.1. The van der Waals surface area contributed by atoms with Crippen molar-refractivity contribution < 1.29 is 14.4 Å². The average Bonchev–Trinajstić information content (AvgIpc) is 2.73. The van der Waals surface area contributed by atoms with Gasteiger partial charge in [0.1, 0.15) is 12.6 Å². The second kappa shape index (κ2) is 7.46. The predicted molar refractivity (Wildman–Crippen MR) is 86.8 cm³/mol. The normalized spacial score (nSPS) is 17.6. The zero-order chi connectivity index (χ0) is 17.0. The van der Waals surface area contributed by atoms with Gasteiger partial charge in [0, 0.05) is 11.6 Å². The van der Waals surface area contributed by atoms with E-state index in [0.29, 0.717) is 18.0 Å². The summed E-state index contributed by atoms with van der Waals surface area (Å²) in [6, 6.07) is 6.02. The molecule has 2 rings (SSSR count). The molecule has 1 aromatic rings. The highest BCUT2D eigenvalue weighted by atomic mass is 35.5. The smallest absolute Gasteiger partial charge is 0.325 e. The van der Waals surface area contributed by atoms with E-state index in [9.17, 15) is 14.4 Å². The van der Waals surface area contributed by atoms with Crippen molar-refractivity contribution in [3.05, 3.63) is 34.9 Å². The van der Waals surface area contributed by atoms with Crippen LogP contribution in [0.5, 0.6) is 0 Å². The number of halogens is 1. The zero-order valence-corrected chi connectivity index (χ0v) is 13.9. The first-order valence-electron chi connectivity index (χ1n) is 7.50. The number of nitrogens with zero attached hydrogens (tertiary/aromatic N) is 1. The third-order valence-electron chi connectivity index (χ3n) is 3.52. The van der Waals surface area contributed by atoms with E-state index in [4.69, 9.17) is 11.6 Å². The number of imide groups is 1. The molecule has 0 saturated carbocycles. The van der Waals surface area contributed by atoms with Crippen LogP contribution in [0.25, 0.3) is 0 Å². The Morgan fingerprint density at radius 1 is 1.30 bits per heavy atom. The number of carbonyl (C=O) groups is 3. The average molecular weight is 338 g/mol. The lowest BCUT2D eigenvalue weighted by molar-refractivity contribution is -0.132. The second-order valence-electron chi connectivity index (χ2n) is 5.96. The second-order valence-corrected chi connectivity index (χ2v) is 6.40. The first-order valence-corrected chi connectivity index (χ1v) is 7.87. The van der Waals surface area contributed by atoms with E-state index in [2.05, 4.69) is 10.6 Å². The van der Waals surface area contributed by atoms with Gasteiger partial charge in [0.2, 0.25) is 5.91 Å². The summed E-state index contributed by atoms with van der Waals surface area (Å²) in [4.78, 5) is 36.9. The van der Waals surface area contributed by atoms with Crippen molar-refractivity contribution in [3.63, 3.8) is 0 Å². The third kappa shape index (κ3) is 4.69. The van der Waals surface area contributed by atoms with Crippen molar-refractivity contribution in [2.75, 3.05) is 6.54 Å². The van der Waals surface area contributed by atoms with Gasteiger partial charge in [-0.25, -0.2) is 4.79 Å². The molecule has 1 fully saturated rings. The molecule has 0 aromatic heterocycles. The Hall–Kier alpha value is -2.08. The summed E-state index contributed by atoms with van der Waals surface area (Å²) < 4.78 is 0. The highest BCUT2D eigenvalue weighted by Crippen LogP contribution is 2.14. The Labute approximate surface area is 140 Å². The first-order chi connectivity index (χ1) is 10.9. The van der Waals surface area contributed by atoms with Gasteiger partial charge in [-0.05, 0) is 30.0 Å². The maximum Gasteiger partial charge on any atom is 0.325 e. The van der Waals surface area contributed by atoms with Crippen molar-refractivity contribution in [2.24, 2.45) is 5.92 Å². The van der Waals surface area contributed by atoms with Gasteiger partial charge in [0.25, 0.3) is 5.91 Å². The van der Waals surface area contributed by atoms with Crippen molar-refractivity contribution >= 4 is 29.4 Å². The van der Waals surface area contributed by atoms with Crippen molar-refractivity contribution in [1.29, 1.82) is 0 Å². The molecule has 1 aliphatic heterocycles. The van der Waals surface area contributed by atoms with Gasteiger partial charge in [-0.2, -0.15) is 0 Å². The van der Waals surface area contributed by atoms with Crippen molar-refractivity contribution in [1.82, 2.24) is 15.5 Å². The van der Waals surface area contributed by atoms with Gasteiger partial charge in [-0.1, -0.05) is 37.6 Å². The molecule has 7 heteroatoms. The molecule has 1 saturated heterocycles. The number of urea groups is 1. The quantitative estimate of drug-likeness (QED) is 0.778. The molecule has 0 aliphatic carbocycles. The molecule has 23 heavy (non-hydrogen) atoms. The monoisotopic (exact) mass is 337 g/mol. The van der Waals surface area contributed by atoms with Crippen LogP contribution in [0, 0.1) is 5.92 Å². The summed E-state index contributed by atoms with van der Waals surface area (Å²) in [6.07, 6.45) is 0.563. The van der Waals surface area contributed by atoms with Crippen LogP contribution >= 0.6 is 11.6 Å². The fraction of sp³-hybridized carbons (Fsp3) is 0.438. The van der Waals surface area contributed by atoms with E-state index >= 15 is 0 Å². The van der Waals surface area contributed by atoms with Gasteiger partial charge in [-0.3, -0.25) is 14.5 Å². The van der Waals surface area contributed by atoms with Gasteiger partial charge in [-0.15, -0.1) is 0 Å². The molecule has 1 unspecified atom stereocenters. The molecule has 4 amide bonds. The summed E-state index contributed by atoms with van der Waals surface area (Å²) in [5.41, 5.74) is 0.887. The van der Waals surface area contributed by atoms with Crippen LogP contribution < -0.4 is 10.6 Å². The van der Waals surface area contributed by atoms with Gasteiger partial charge >= 0.3 is 6.03 Å². The Kier molecular flexibility index (Phi) is 5.60. The Morgan fingerprint density at radius 3 is 2.57 bits per heavy atom. The molecule has 0 bridgehead atoms. The highest BCUT2D eigenvalue weighted by molar-refractivity contribution is 6.30. The van der Waals surface area contributed by atoms with Crippen molar-refractivity contribution in [3.8, 4) is 0 Å². The van der Waals surface area contributed by atoms with Crippen LogP contribution in [0.1, 0.15) is 25.8 Å². The van der Waals surface area contributed by atoms with Crippen LogP contribution in [-0.2, 0) is 16.1 Å². The van der Waals surface area contributed by atoms with Gasteiger partial charge in [0.15, 0.2) is 0 Å². The first kappa shape index (κ1) is 17.3. The fourth-order valence-electron chi connectivity index (χ4n) is 2.36. The minimum Gasteiger partial charge on any atom is -0.350 e. The summed E-state index contributed by atoms with van der Waals surface area (Å²) in [5, 5.41) is 5.92. The van der Waals surface area contributed by atoms with E-state index in [0.717, 1.165) is 10.5 Å². The fourth-order valence-corrected chi connectivity index (χ4v) is 2.49. The molecule has 2 N–H and O–H groups in total. The SMILES string of the molecule is CC(C)CC1NC(=O)N(CC(=O)NCc2ccc(Cl)cc2)C1=O. The number of rotatable bonds is 6. The summed E-state index contributed by atoms with van der Waals surface area (Å²) in [5.74, 6) is -0.443. The van der Waals surface area contributed by atoms with Gasteiger partial charge in [0.05, 0.1) is 0 Å². The van der Waals surface area contributed by atoms with E-state index < -0.39 is 12.1 Å². The molecule has 1 aliphatic rings. The Balaban J connectivity index is 1.86. The number of benzene rings is 1. The van der Waals surface area contributed by atoms with E-state index in [1.807, 2.05) is 13.8 Å². The number of nitrogens with one attached hydrogen (secondary N) is 2. The van der Waals surface area contributed by atoms with Crippen LogP contribution in [0.2, 0.25) is 5.02 Å². The number of carbonyl (C=O) groups excluding carboxylic acids is 3. The molecular weight excluding hydrogens is 318 g/mol. The lowest BCUT2D eigenvalue weighted by Gasteiger charge is -2.13. The standard InChI is InChI=1S/C16H20ClN3O3/c1-10(2)7-13-15(22)20(16(23)19-13)9-14(21)18-8-11-3-5-12(17)6-4-11/h3-6,10,13H,7-9H2,1-2H3,(H,18,21)(H,19,23). The number of hydrogen-bond donors (Lipinski definition) is 2. The number of hydrogen-bond acceptors (Lipinski definition) is 3. The maximum absolute atomic E-state index is 12.1. The van der Waals surface area contributed by atoms with E-state index in [-0.39, 0.29) is 24.3 Å². The molecule has 1 atom stereocenters. The lowest BCUT2D eigenvalue weighted by atomic mass is 10.0. The van der Waals surface area contributed by atoms with E-state index in [1.165, 1.54) is 0 Å². The minimum absolute atomic E-state index is 0.271. The Morgan fingerprint density at radius 2 is 1.96 bits per heavy atom. The molecular formula is C16H20ClN3O3.